The summed E-state index contributed by atoms with van der Waals surface area (Å²) in [5.74, 6) is 0. The number of nitriles is 1. The number of ether oxygens (including phenoxy) is 1. The summed E-state index contributed by atoms with van der Waals surface area (Å²) < 4.78 is 40.9. The molecule has 0 atom stereocenters. The van der Waals surface area contributed by atoms with Crippen molar-refractivity contribution in [1.82, 2.24) is 4.98 Å². The highest BCUT2D eigenvalue weighted by Crippen LogP contribution is 2.23. The molecule has 3 rings (SSSR count). The third-order valence-corrected chi connectivity index (χ3v) is 3.87. The molecule has 0 amide bonds. The van der Waals surface area contributed by atoms with Crippen LogP contribution in [0.25, 0.3) is 10.9 Å². The van der Waals surface area contributed by atoms with Crippen LogP contribution in [-0.2, 0) is 17.9 Å². The SMILES string of the molecule is N#Cc1cc(NCc2ccc(COCC(F)(F)F)cc2)c2ccccc2n1. The molecular formula is C20H16F3N3O. The van der Waals surface area contributed by atoms with E-state index in [9.17, 15) is 13.2 Å². The Balaban J connectivity index is 1.65. The highest BCUT2D eigenvalue weighted by molar-refractivity contribution is 5.91. The van der Waals surface area contributed by atoms with Crippen molar-refractivity contribution in [3.63, 3.8) is 0 Å². The van der Waals surface area contributed by atoms with Gasteiger partial charge >= 0.3 is 6.18 Å². The summed E-state index contributed by atoms with van der Waals surface area (Å²) in [6, 6.07) is 18.4. The van der Waals surface area contributed by atoms with Gasteiger partial charge in [-0.2, -0.15) is 18.4 Å². The average Bonchev–Trinajstić information content (AvgIpc) is 2.66. The van der Waals surface area contributed by atoms with Gasteiger partial charge in [0.15, 0.2) is 0 Å². The van der Waals surface area contributed by atoms with Crippen LogP contribution in [0.1, 0.15) is 16.8 Å². The first kappa shape index (κ1) is 18.7. The second kappa shape index (κ2) is 8.06. The van der Waals surface area contributed by atoms with Crippen molar-refractivity contribution >= 4 is 16.6 Å². The number of hydrogen-bond acceptors (Lipinski definition) is 4. The zero-order valence-corrected chi connectivity index (χ0v) is 14.3. The van der Waals surface area contributed by atoms with Crippen LogP contribution in [0.4, 0.5) is 18.9 Å². The van der Waals surface area contributed by atoms with Gasteiger partial charge in [0, 0.05) is 17.6 Å². The van der Waals surface area contributed by atoms with Gasteiger partial charge in [0.05, 0.1) is 12.1 Å². The van der Waals surface area contributed by atoms with E-state index in [4.69, 9.17) is 5.26 Å². The molecule has 0 fully saturated rings. The molecule has 0 unspecified atom stereocenters. The number of hydrogen-bond donors (Lipinski definition) is 1. The number of nitrogens with one attached hydrogen (secondary N) is 1. The Morgan fingerprint density at radius 2 is 1.74 bits per heavy atom. The third-order valence-electron chi connectivity index (χ3n) is 3.87. The normalized spacial score (nSPS) is 11.3. The minimum absolute atomic E-state index is 0.0895. The average molecular weight is 371 g/mol. The molecule has 138 valence electrons. The quantitative estimate of drug-likeness (QED) is 0.676. The number of fused-ring (bicyclic) bond motifs is 1. The number of aromatic nitrogens is 1. The van der Waals surface area contributed by atoms with E-state index in [-0.39, 0.29) is 6.61 Å². The van der Waals surface area contributed by atoms with Gasteiger partial charge in [-0.15, -0.1) is 0 Å². The van der Waals surface area contributed by atoms with E-state index in [0.29, 0.717) is 17.8 Å². The zero-order chi connectivity index (χ0) is 19.3. The highest BCUT2D eigenvalue weighted by Gasteiger charge is 2.27. The largest absolute Gasteiger partial charge is 0.411 e. The summed E-state index contributed by atoms with van der Waals surface area (Å²) in [6.07, 6.45) is -4.32. The van der Waals surface area contributed by atoms with E-state index < -0.39 is 12.8 Å². The van der Waals surface area contributed by atoms with Crippen molar-refractivity contribution in [3.8, 4) is 6.07 Å². The van der Waals surface area contributed by atoms with E-state index in [2.05, 4.69) is 21.1 Å². The molecule has 0 bridgehead atoms. The van der Waals surface area contributed by atoms with Crippen molar-refractivity contribution in [2.75, 3.05) is 11.9 Å². The lowest BCUT2D eigenvalue weighted by molar-refractivity contribution is -0.176. The monoisotopic (exact) mass is 371 g/mol. The van der Waals surface area contributed by atoms with Crippen molar-refractivity contribution in [3.05, 3.63) is 71.4 Å². The smallest absolute Gasteiger partial charge is 0.380 e. The zero-order valence-electron chi connectivity index (χ0n) is 14.3. The minimum atomic E-state index is -4.32. The molecule has 3 aromatic rings. The van der Waals surface area contributed by atoms with Crippen LogP contribution < -0.4 is 5.32 Å². The molecule has 0 radical (unpaired) electrons. The molecule has 4 nitrogen and oxygen atoms in total. The summed E-state index contributed by atoms with van der Waals surface area (Å²) in [5, 5.41) is 13.3. The number of benzene rings is 2. The molecule has 0 aliphatic rings. The Kier molecular flexibility index (Phi) is 5.57. The summed E-state index contributed by atoms with van der Waals surface area (Å²) in [5.41, 5.74) is 3.48. The fraction of sp³-hybridized carbons (Fsp3) is 0.200. The molecule has 7 heteroatoms. The molecular weight excluding hydrogens is 355 g/mol. The van der Waals surface area contributed by atoms with Gasteiger partial charge in [0.25, 0.3) is 0 Å². The Morgan fingerprint density at radius 3 is 2.44 bits per heavy atom. The highest BCUT2D eigenvalue weighted by atomic mass is 19.4. The van der Waals surface area contributed by atoms with Gasteiger partial charge < -0.3 is 10.1 Å². The van der Waals surface area contributed by atoms with E-state index >= 15 is 0 Å². The molecule has 0 aliphatic carbocycles. The maximum atomic E-state index is 12.1. The number of alkyl halides is 3. The molecule has 1 aromatic heterocycles. The lowest BCUT2D eigenvalue weighted by Crippen LogP contribution is -2.16. The third kappa shape index (κ3) is 5.19. The second-order valence-electron chi connectivity index (χ2n) is 5.96. The van der Waals surface area contributed by atoms with Crippen LogP contribution in [0, 0.1) is 11.3 Å². The fourth-order valence-electron chi connectivity index (χ4n) is 2.61. The molecule has 27 heavy (non-hydrogen) atoms. The number of rotatable bonds is 6. The standard InChI is InChI=1S/C20H16F3N3O/c21-20(22,23)13-27-12-15-7-5-14(6-8-15)11-25-19-9-16(10-24)26-18-4-2-1-3-17(18)19/h1-9H,11-13H2,(H,25,26). The number of para-hydroxylation sites is 1. The minimum Gasteiger partial charge on any atom is -0.380 e. The van der Waals surface area contributed by atoms with Gasteiger partial charge in [-0.3, -0.25) is 0 Å². The second-order valence-corrected chi connectivity index (χ2v) is 5.96. The summed E-state index contributed by atoms with van der Waals surface area (Å²) in [4.78, 5) is 4.27. The van der Waals surface area contributed by atoms with Gasteiger partial charge in [-0.1, -0.05) is 42.5 Å². The van der Waals surface area contributed by atoms with Crippen LogP contribution in [0.2, 0.25) is 0 Å². The van der Waals surface area contributed by atoms with Crippen LogP contribution in [-0.4, -0.2) is 17.8 Å². The van der Waals surface area contributed by atoms with Gasteiger partial charge in [0.2, 0.25) is 0 Å². The van der Waals surface area contributed by atoms with Crippen molar-refractivity contribution < 1.29 is 17.9 Å². The predicted molar refractivity (Wildman–Crippen MR) is 95.9 cm³/mol. The van der Waals surface area contributed by atoms with Gasteiger partial charge in [-0.25, -0.2) is 4.98 Å². The van der Waals surface area contributed by atoms with Crippen LogP contribution in [0.5, 0.6) is 0 Å². The van der Waals surface area contributed by atoms with Crippen LogP contribution >= 0.6 is 0 Å². The van der Waals surface area contributed by atoms with Crippen molar-refractivity contribution in [2.45, 2.75) is 19.3 Å². The first-order valence-corrected chi connectivity index (χ1v) is 8.21. The maximum absolute atomic E-state index is 12.1. The predicted octanol–water partition coefficient (Wildman–Crippen LogP) is 4.80. The Bertz CT molecular complexity index is 963. The van der Waals surface area contributed by atoms with Crippen LogP contribution in [0.3, 0.4) is 0 Å². The maximum Gasteiger partial charge on any atom is 0.411 e. The lowest BCUT2D eigenvalue weighted by Gasteiger charge is -2.11. The van der Waals surface area contributed by atoms with Crippen molar-refractivity contribution in [2.24, 2.45) is 0 Å². The van der Waals surface area contributed by atoms with Crippen molar-refractivity contribution in [1.29, 1.82) is 5.26 Å². The van der Waals surface area contributed by atoms with E-state index in [1.807, 2.05) is 36.4 Å². The number of anilines is 1. The molecule has 1 N–H and O–H groups in total. The Hall–Kier alpha value is -3.11. The molecule has 0 saturated carbocycles. The Labute approximate surface area is 154 Å². The fourth-order valence-corrected chi connectivity index (χ4v) is 2.61. The molecule has 0 saturated heterocycles. The van der Waals surface area contributed by atoms with Gasteiger partial charge in [0.1, 0.15) is 18.4 Å². The van der Waals surface area contributed by atoms with Crippen LogP contribution in [0.15, 0.2) is 54.6 Å². The number of nitrogens with zero attached hydrogens (tertiary/aromatic N) is 2. The first-order valence-electron chi connectivity index (χ1n) is 8.21. The molecule has 1 heterocycles. The van der Waals surface area contributed by atoms with E-state index in [1.165, 1.54) is 0 Å². The Morgan fingerprint density at radius 1 is 1.04 bits per heavy atom. The number of pyridine rings is 1. The first-order chi connectivity index (χ1) is 12.9. The van der Waals surface area contributed by atoms with E-state index in [0.717, 1.165) is 22.2 Å². The van der Waals surface area contributed by atoms with Gasteiger partial charge in [-0.05, 0) is 23.3 Å². The molecule has 0 spiro atoms. The number of halogens is 3. The summed E-state index contributed by atoms with van der Waals surface area (Å²) >= 11 is 0. The lowest BCUT2D eigenvalue weighted by atomic mass is 10.1. The molecule has 2 aromatic carbocycles. The topological polar surface area (TPSA) is 57.9 Å². The molecule has 0 aliphatic heterocycles. The summed E-state index contributed by atoms with van der Waals surface area (Å²) in [6.45, 7) is -0.844. The van der Waals surface area contributed by atoms with E-state index in [1.54, 1.807) is 18.2 Å². The summed E-state index contributed by atoms with van der Waals surface area (Å²) in [7, 11) is 0.